The number of carbonyl (C=O) groups excluding carboxylic acids is 3. The largest absolute Gasteiger partial charge is 0.508 e. The Balaban J connectivity index is 1.19. The Bertz CT molecular complexity index is 3290. The van der Waals surface area contributed by atoms with Crippen LogP contribution >= 0.6 is 0 Å². The number of amides is 1. The van der Waals surface area contributed by atoms with Crippen LogP contribution in [-0.2, 0) is 23.8 Å². The first-order valence-electron chi connectivity index (χ1n) is 25.8. The highest BCUT2D eigenvalue weighted by Gasteiger charge is 2.50. The van der Waals surface area contributed by atoms with E-state index < -0.39 is 123 Å². The monoisotopic (exact) mass is 1080 g/mol. The van der Waals surface area contributed by atoms with Gasteiger partial charge in [0.1, 0.15) is 34.8 Å². The lowest BCUT2D eigenvalue weighted by Gasteiger charge is -2.38. The number of hydrogen-bond donors (Lipinski definition) is 8. The number of hydrogen-bond acceptors (Lipinski definition) is 18. The van der Waals surface area contributed by atoms with Crippen LogP contribution in [0, 0.1) is 36.4 Å². The molecule has 1 saturated carbocycles. The van der Waals surface area contributed by atoms with Gasteiger partial charge in [-0.1, -0.05) is 52.5 Å². The Morgan fingerprint density at radius 1 is 0.987 bits per heavy atom. The summed E-state index contributed by atoms with van der Waals surface area (Å²) in [7, 11) is 2.80. The molecule has 5 aliphatic rings. The number of carbonyl (C=O) groups is 3. The number of pyridine rings is 1. The molecule has 4 aromatic rings. The van der Waals surface area contributed by atoms with Crippen LogP contribution < -0.4 is 30.5 Å². The smallest absolute Gasteiger partial charge is 0.312 e. The van der Waals surface area contributed by atoms with Crippen molar-refractivity contribution in [2.45, 2.75) is 117 Å². The summed E-state index contributed by atoms with van der Waals surface area (Å²) >= 11 is 0. The minimum atomic E-state index is -2.14. The maximum Gasteiger partial charge on any atom is 0.312 e. The Hall–Kier alpha value is -7.62. The molecule has 1 saturated heterocycles. The van der Waals surface area contributed by atoms with Crippen molar-refractivity contribution in [2.75, 3.05) is 37.5 Å². The van der Waals surface area contributed by atoms with Crippen LogP contribution in [0.5, 0.6) is 28.7 Å². The molecule has 0 radical (unpaired) electrons. The molecular weight excluding hydrogens is 1010 g/mol. The number of methoxy groups -OCH3 is 2. The van der Waals surface area contributed by atoms with E-state index in [1.54, 1.807) is 38.7 Å². The second kappa shape index (κ2) is 22.0. The third-order valence-corrected chi connectivity index (χ3v) is 15.6. The van der Waals surface area contributed by atoms with Crippen molar-refractivity contribution < 1.29 is 73.1 Å². The second-order valence-electron chi connectivity index (χ2n) is 21.0. The quantitative estimate of drug-likeness (QED) is 0.0204. The molecule has 4 aliphatic heterocycles. The summed E-state index contributed by atoms with van der Waals surface area (Å²) in [6, 6.07) is 0.649. The Labute approximate surface area is 449 Å². The van der Waals surface area contributed by atoms with Gasteiger partial charge in [-0.15, -0.1) is 0 Å². The van der Waals surface area contributed by atoms with Crippen LogP contribution in [0.15, 0.2) is 64.9 Å². The number of aliphatic hydroxyl groups excluding tert-OH is 3. The predicted octanol–water partition coefficient (Wildman–Crippen LogP) is 7.28. The molecule has 21 heteroatoms. The minimum absolute atomic E-state index is 0.00643. The number of Topliss-reactive ketones (excluding diaryl/α,β-unsaturated/α-hetero) is 1. The molecule has 78 heavy (non-hydrogen) atoms. The van der Waals surface area contributed by atoms with Gasteiger partial charge in [-0.25, -0.2) is 4.39 Å². The first kappa shape index (κ1) is 56.6. The van der Waals surface area contributed by atoms with Crippen molar-refractivity contribution in [3.05, 3.63) is 93.3 Å². The molecule has 5 heterocycles. The molecule has 9 rings (SSSR count). The number of nitrogens with zero attached hydrogens (tertiary/aromatic N) is 3. The van der Waals surface area contributed by atoms with Crippen LogP contribution in [-0.4, -0.2) is 123 Å². The van der Waals surface area contributed by atoms with Crippen molar-refractivity contribution in [1.29, 1.82) is 0 Å². The van der Waals surface area contributed by atoms with Crippen LogP contribution in [0.4, 0.5) is 15.8 Å². The standard InChI is InChI=1S/C57H68FN5O15/c1-25-13-12-14-26(2)56(73)60-43-36(22-59-61-33-17-19-62(23-33)45-38(58)21-35-44(54(45)75-11)63(34-15-16-34)24-37(31(7)64)49(35)69)50(70)40-41(51(43)71)48(68)30(6)53-42(40)55(72)57(9,78-53)76-20-18-39(74-10)27(3)52(77-32(8)65)29(5)47(67)28(4)46(25)66/h12-14,18,20-22,24-25,27-29,33-34,39,46-47,52,61,64,66-68,70-71H,7,15-17,19,23H2,1-6,8-11H3,(H,60,73)/b13-12+,20-18+,26-14-,59-22-/t25-,27+,28+,29+,33?,39-,46-,47+,52+,57-/m0/s1. The van der Waals surface area contributed by atoms with Gasteiger partial charge in [0.05, 0.1) is 82.6 Å². The summed E-state index contributed by atoms with van der Waals surface area (Å²) in [4.78, 5) is 56.4. The lowest BCUT2D eigenvalue weighted by Crippen LogP contribution is -2.46. The molecule has 10 atom stereocenters. The van der Waals surface area contributed by atoms with E-state index in [0.717, 1.165) is 31.4 Å². The maximum absolute atomic E-state index is 16.3. The topological polar surface area (TPSA) is 280 Å². The third-order valence-electron chi connectivity index (χ3n) is 15.6. The van der Waals surface area contributed by atoms with E-state index in [4.69, 9.17) is 23.7 Å². The van der Waals surface area contributed by atoms with Crippen molar-refractivity contribution in [1.82, 2.24) is 9.99 Å². The molecule has 1 aliphatic carbocycles. The maximum atomic E-state index is 16.3. The normalized spacial score (nSPS) is 28.6. The Morgan fingerprint density at radius 2 is 1.69 bits per heavy atom. The average Bonchev–Trinajstić information content (AvgIpc) is 4.27. The molecule has 3 aromatic carbocycles. The van der Waals surface area contributed by atoms with Crippen LogP contribution in [0.3, 0.4) is 0 Å². The van der Waals surface area contributed by atoms with E-state index in [1.165, 1.54) is 66.3 Å². The molecule has 418 valence electrons. The summed E-state index contributed by atoms with van der Waals surface area (Å²) in [6.45, 7) is 16.3. The summed E-state index contributed by atoms with van der Waals surface area (Å²) in [6.07, 6.45) is 7.77. The highest BCUT2D eigenvalue weighted by Crippen LogP contribution is 2.55. The van der Waals surface area contributed by atoms with Gasteiger partial charge in [0, 0.05) is 86.5 Å². The molecule has 1 unspecified atom stereocenters. The number of benzene rings is 3. The molecule has 1 aromatic heterocycles. The summed E-state index contributed by atoms with van der Waals surface area (Å²) in [5, 5.41) is 76.0. The van der Waals surface area contributed by atoms with Gasteiger partial charge in [-0.2, -0.15) is 5.10 Å². The Morgan fingerprint density at radius 3 is 2.33 bits per heavy atom. The van der Waals surface area contributed by atoms with Gasteiger partial charge in [-0.05, 0) is 45.3 Å². The number of esters is 1. The molecule has 0 spiro atoms. The van der Waals surface area contributed by atoms with Crippen molar-refractivity contribution >= 4 is 62.7 Å². The lowest BCUT2D eigenvalue weighted by molar-refractivity contribution is -0.160. The predicted molar refractivity (Wildman–Crippen MR) is 290 cm³/mol. The summed E-state index contributed by atoms with van der Waals surface area (Å²) in [5.74, 6) is -10.3. The first-order valence-corrected chi connectivity index (χ1v) is 25.8. The zero-order chi connectivity index (χ0) is 57.0. The number of ether oxygens (including phenoxy) is 5. The number of nitrogens with one attached hydrogen (secondary N) is 2. The number of aliphatic hydroxyl groups is 3. The number of rotatable bonds is 9. The van der Waals surface area contributed by atoms with E-state index >= 15 is 4.39 Å². The molecule has 2 fully saturated rings. The van der Waals surface area contributed by atoms with Gasteiger partial charge >= 0.3 is 11.8 Å². The number of aromatic hydroxyl groups is 3. The number of anilines is 2. The fraction of sp³-hybridized carbons (Fsp3) is 0.456. The molecule has 5 bridgehead atoms. The van der Waals surface area contributed by atoms with Crippen molar-refractivity contribution in [3.8, 4) is 28.7 Å². The number of hydrazone groups is 1. The fourth-order valence-electron chi connectivity index (χ4n) is 10.9. The van der Waals surface area contributed by atoms with E-state index in [2.05, 4.69) is 22.4 Å². The average molecular weight is 1080 g/mol. The number of ketones is 1. The number of allylic oxidation sites excluding steroid dienone is 2. The third kappa shape index (κ3) is 10.2. The number of aromatic nitrogens is 1. The zero-order valence-electron chi connectivity index (χ0n) is 45.2. The first-order chi connectivity index (χ1) is 36.9. The minimum Gasteiger partial charge on any atom is -0.508 e. The Kier molecular flexibility index (Phi) is 16.0. The highest BCUT2D eigenvalue weighted by atomic mass is 19.1. The van der Waals surface area contributed by atoms with E-state index in [9.17, 15) is 49.8 Å². The fourth-order valence-corrected chi connectivity index (χ4v) is 10.9. The van der Waals surface area contributed by atoms with Gasteiger partial charge < -0.3 is 74.5 Å². The molecule has 1 amide bonds. The highest BCUT2D eigenvalue weighted by molar-refractivity contribution is 6.24. The number of fused-ring (bicyclic) bond motifs is 15. The summed E-state index contributed by atoms with van der Waals surface area (Å²) < 4.78 is 47.7. The lowest BCUT2D eigenvalue weighted by atomic mass is 9.78. The molecular formula is C57H68FN5O15. The van der Waals surface area contributed by atoms with Crippen LogP contribution in [0.1, 0.15) is 101 Å². The SMILES string of the molecule is C=C(O)c1cn(C2CC2)c2c(OC)c(N3CCC(N/N=C\c4c5c(O)c6c(O)c(C)c7c(c6c4O)C(=O)[C@@](C)(O/C=C/[C@H](OC)[C@@H](C)[C@@H](OC(C)=O)[C@H](C)[C@H](O)[C@H](C)[C@@H](O)[C@@H](C)/C=C/C=C(/C)C(=O)N5)O7)C3)c(F)cc2c1=O. The van der Waals surface area contributed by atoms with E-state index in [1.807, 2.05) is 4.57 Å². The van der Waals surface area contributed by atoms with Crippen LogP contribution in [0.2, 0.25) is 0 Å². The van der Waals surface area contributed by atoms with Gasteiger partial charge in [0.25, 0.3) is 11.7 Å². The van der Waals surface area contributed by atoms with E-state index in [-0.39, 0.29) is 68.4 Å². The van der Waals surface area contributed by atoms with Gasteiger partial charge in [0.2, 0.25) is 5.43 Å². The van der Waals surface area contributed by atoms with E-state index in [0.29, 0.717) is 18.5 Å². The van der Waals surface area contributed by atoms with Gasteiger partial charge in [0.15, 0.2) is 17.3 Å². The van der Waals surface area contributed by atoms with Crippen molar-refractivity contribution in [3.63, 3.8) is 0 Å². The van der Waals surface area contributed by atoms with Crippen LogP contribution in [0.25, 0.3) is 27.4 Å². The second-order valence-corrected chi connectivity index (χ2v) is 21.0. The number of phenolic OH excluding ortho intramolecular Hbond substituents is 3. The molecule has 8 N–H and O–H groups in total. The number of halogens is 1. The summed E-state index contributed by atoms with van der Waals surface area (Å²) in [5.41, 5.74) is 1.95. The molecule has 20 nitrogen and oxygen atoms in total. The number of phenols is 3. The zero-order valence-corrected chi connectivity index (χ0v) is 45.2. The van der Waals surface area contributed by atoms with Crippen molar-refractivity contribution in [2.24, 2.45) is 28.8 Å². The van der Waals surface area contributed by atoms with Gasteiger partial charge in [-0.3, -0.25) is 19.2 Å².